The normalized spacial score (nSPS) is 12.6. The number of benzene rings is 2. The Morgan fingerprint density at radius 2 is 1.90 bits per heavy atom. The Morgan fingerprint density at radius 1 is 1.14 bits per heavy atom. The summed E-state index contributed by atoms with van der Waals surface area (Å²) in [6, 6.07) is 13.6. The third kappa shape index (κ3) is 2.62. The SMILES string of the molecule is CC(N)c1cc2c(Cl)cccc2nc1-c1cccc(F)c1. The largest absolute Gasteiger partial charge is 0.324 e. The molecule has 2 aromatic carbocycles. The van der Waals surface area contributed by atoms with Gasteiger partial charge in [-0.1, -0.05) is 29.8 Å². The van der Waals surface area contributed by atoms with Crippen LogP contribution in [0.2, 0.25) is 5.02 Å². The second-order valence-electron chi connectivity index (χ2n) is 5.03. The molecular weight excluding hydrogens is 287 g/mol. The lowest BCUT2D eigenvalue weighted by Crippen LogP contribution is -2.08. The summed E-state index contributed by atoms with van der Waals surface area (Å²) < 4.78 is 13.5. The van der Waals surface area contributed by atoms with E-state index < -0.39 is 0 Å². The van der Waals surface area contributed by atoms with Crippen molar-refractivity contribution in [2.24, 2.45) is 5.73 Å². The van der Waals surface area contributed by atoms with Gasteiger partial charge in [0.2, 0.25) is 0 Å². The summed E-state index contributed by atoms with van der Waals surface area (Å²) in [5.41, 5.74) is 9.08. The zero-order valence-electron chi connectivity index (χ0n) is 11.5. The van der Waals surface area contributed by atoms with Crippen LogP contribution < -0.4 is 5.73 Å². The van der Waals surface area contributed by atoms with Crippen LogP contribution in [-0.4, -0.2) is 4.98 Å². The number of fused-ring (bicyclic) bond motifs is 1. The maximum atomic E-state index is 13.5. The van der Waals surface area contributed by atoms with E-state index in [-0.39, 0.29) is 11.9 Å². The van der Waals surface area contributed by atoms with Gasteiger partial charge in [0.25, 0.3) is 0 Å². The van der Waals surface area contributed by atoms with Crippen molar-refractivity contribution in [1.82, 2.24) is 4.98 Å². The molecule has 106 valence electrons. The van der Waals surface area contributed by atoms with E-state index in [0.717, 1.165) is 16.5 Å². The van der Waals surface area contributed by atoms with Crippen LogP contribution in [0.5, 0.6) is 0 Å². The highest BCUT2D eigenvalue weighted by Crippen LogP contribution is 2.32. The van der Waals surface area contributed by atoms with Gasteiger partial charge in [-0.2, -0.15) is 0 Å². The summed E-state index contributed by atoms with van der Waals surface area (Å²) in [7, 11) is 0. The smallest absolute Gasteiger partial charge is 0.123 e. The lowest BCUT2D eigenvalue weighted by atomic mass is 9.99. The van der Waals surface area contributed by atoms with E-state index in [2.05, 4.69) is 4.98 Å². The number of nitrogens with zero attached hydrogens (tertiary/aromatic N) is 1. The van der Waals surface area contributed by atoms with Crippen molar-refractivity contribution >= 4 is 22.5 Å². The van der Waals surface area contributed by atoms with Crippen LogP contribution >= 0.6 is 11.6 Å². The summed E-state index contributed by atoms with van der Waals surface area (Å²) in [5, 5.41) is 1.49. The molecule has 1 atom stereocenters. The van der Waals surface area contributed by atoms with Gasteiger partial charge >= 0.3 is 0 Å². The quantitative estimate of drug-likeness (QED) is 0.744. The molecule has 0 saturated heterocycles. The fraction of sp³-hybridized carbons (Fsp3) is 0.118. The summed E-state index contributed by atoms with van der Waals surface area (Å²) in [6.07, 6.45) is 0. The Bertz CT molecular complexity index is 815. The predicted molar refractivity (Wildman–Crippen MR) is 84.7 cm³/mol. The average molecular weight is 301 g/mol. The van der Waals surface area contributed by atoms with E-state index in [4.69, 9.17) is 17.3 Å². The van der Waals surface area contributed by atoms with E-state index in [1.807, 2.05) is 37.3 Å². The molecule has 0 bridgehead atoms. The first kappa shape index (κ1) is 14.0. The van der Waals surface area contributed by atoms with Crippen molar-refractivity contribution < 1.29 is 4.39 Å². The molecule has 0 spiro atoms. The van der Waals surface area contributed by atoms with Crippen LogP contribution in [-0.2, 0) is 0 Å². The van der Waals surface area contributed by atoms with Crippen LogP contribution in [0.4, 0.5) is 4.39 Å². The highest BCUT2D eigenvalue weighted by Gasteiger charge is 2.14. The molecule has 2 N–H and O–H groups in total. The molecule has 1 unspecified atom stereocenters. The second kappa shape index (κ2) is 5.43. The molecule has 0 aliphatic carbocycles. The Morgan fingerprint density at radius 3 is 2.62 bits per heavy atom. The van der Waals surface area contributed by atoms with Gasteiger partial charge in [0.1, 0.15) is 5.82 Å². The average Bonchev–Trinajstić information content (AvgIpc) is 2.46. The summed E-state index contributed by atoms with van der Waals surface area (Å²) in [5.74, 6) is -0.295. The van der Waals surface area contributed by atoms with E-state index in [1.165, 1.54) is 12.1 Å². The van der Waals surface area contributed by atoms with Crippen LogP contribution in [0, 0.1) is 5.82 Å². The first-order valence-corrected chi connectivity index (χ1v) is 7.05. The summed E-state index contributed by atoms with van der Waals surface area (Å²) in [6.45, 7) is 1.88. The molecule has 0 aliphatic heterocycles. The van der Waals surface area contributed by atoms with Crippen LogP contribution in [0.3, 0.4) is 0 Å². The lowest BCUT2D eigenvalue weighted by molar-refractivity contribution is 0.628. The number of halogens is 2. The first-order valence-electron chi connectivity index (χ1n) is 6.67. The Balaban J connectivity index is 2.33. The Kier molecular flexibility index (Phi) is 3.62. The van der Waals surface area contributed by atoms with Gasteiger partial charge in [-0.05, 0) is 42.8 Å². The maximum absolute atomic E-state index is 13.5. The third-order valence-corrected chi connectivity index (χ3v) is 3.75. The van der Waals surface area contributed by atoms with Crippen molar-refractivity contribution in [3.63, 3.8) is 0 Å². The predicted octanol–water partition coefficient (Wildman–Crippen LogP) is 4.71. The van der Waals surface area contributed by atoms with Gasteiger partial charge in [-0.15, -0.1) is 0 Å². The number of hydrogen-bond acceptors (Lipinski definition) is 2. The molecule has 1 heterocycles. The maximum Gasteiger partial charge on any atom is 0.123 e. The first-order chi connectivity index (χ1) is 10.1. The van der Waals surface area contributed by atoms with Crippen molar-refractivity contribution in [1.29, 1.82) is 0 Å². The molecule has 0 amide bonds. The molecule has 21 heavy (non-hydrogen) atoms. The molecule has 0 saturated carbocycles. The van der Waals surface area contributed by atoms with Crippen molar-refractivity contribution in [3.8, 4) is 11.3 Å². The Hall–Kier alpha value is -1.97. The molecule has 0 aliphatic rings. The van der Waals surface area contributed by atoms with E-state index in [1.54, 1.807) is 6.07 Å². The fourth-order valence-corrected chi connectivity index (χ4v) is 2.61. The summed E-state index contributed by atoms with van der Waals surface area (Å²) in [4.78, 5) is 4.64. The molecule has 0 fully saturated rings. The van der Waals surface area contributed by atoms with Gasteiger partial charge in [0, 0.05) is 22.0 Å². The van der Waals surface area contributed by atoms with Crippen LogP contribution in [0.15, 0.2) is 48.5 Å². The van der Waals surface area contributed by atoms with Gasteiger partial charge in [0.05, 0.1) is 11.2 Å². The minimum Gasteiger partial charge on any atom is -0.324 e. The minimum absolute atomic E-state index is 0.226. The third-order valence-electron chi connectivity index (χ3n) is 3.42. The van der Waals surface area contributed by atoms with Gasteiger partial charge in [-0.25, -0.2) is 9.37 Å². The van der Waals surface area contributed by atoms with E-state index >= 15 is 0 Å². The highest BCUT2D eigenvalue weighted by atomic mass is 35.5. The number of pyridine rings is 1. The standard InChI is InChI=1S/C17H14ClFN2/c1-10(20)13-9-14-15(18)6-3-7-16(14)21-17(13)11-4-2-5-12(19)8-11/h2-10H,20H2,1H3. The molecular formula is C17H14ClFN2. The fourth-order valence-electron chi connectivity index (χ4n) is 2.39. The van der Waals surface area contributed by atoms with Crippen molar-refractivity contribution in [2.45, 2.75) is 13.0 Å². The molecule has 3 aromatic rings. The summed E-state index contributed by atoms with van der Waals surface area (Å²) >= 11 is 6.22. The number of rotatable bonds is 2. The highest BCUT2D eigenvalue weighted by molar-refractivity contribution is 6.35. The van der Waals surface area contributed by atoms with Crippen LogP contribution in [0.25, 0.3) is 22.2 Å². The lowest BCUT2D eigenvalue weighted by Gasteiger charge is -2.14. The van der Waals surface area contributed by atoms with Crippen LogP contribution in [0.1, 0.15) is 18.5 Å². The number of nitrogens with two attached hydrogens (primary N) is 1. The molecule has 4 heteroatoms. The van der Waals surface area contributed by atoms with E-state index in [9.17, 15) is 4.39 Å². The number of aromatic nitrogens is 1. The van der Waals surface area contributed by atoms with Gasteiger partial charge < -0.3 is 5.73 Å². The molecule has 2 nitrogen and oxygen atoms in total. The molecule has 3 rings (SSSR count). The van der Waals surface area contributed by atoms with Gasteiger partial charge in [0.15, 0.2) is 0 Å². The minimum atomic E-state index is -0.295. The molecule has 0 radical (unpaired) electrons. The monoisotopic (exact) mass is 300 g/mol. The second-order valence-corrected chi connectivity index (χ2v) is 5.44. The van der Waals surface area contributed by atoms with Crippen molar-refractivity contribution in [2.75, 3.05) is 0 Å². The number of hydrogen-bond donors (Lipinski definition) is 1. The van der Waals surface area contributed by atoms with E-state index in [0.29, 0.717) is 16.3 Å². The Labute approximate surface area is 127 Å². The topological polar surface area (TPSA) is 38.9 Å². The van der Waals surface area contributed by atoms with Gasteiger partial charge in [-0.3, -0.25) is 0 Å². The molecule has 1 aromatic heterocycles. The van der Waals surface area contributed by atoms with Crippen molar-refractivity contribution in [3.05, 3.63) is 64.9 Å². The zero-order chi connectivity index (χ0) is 15.0. The zero-order valence-corrected chi connectivity index (χ0v) is 12.2.